The van der Waals surface area contributed by atoms with Crippen molar-refractivity contribution >= 4 is 32.1 Å². The molecule has 31 heavy (non-hydrogen) atoms. The fourth-order valence-corrected chi connectivity index (χ4v) is 4.88. The Balaban J connectivity index is 1.89. The number of benzene rings is 2. The van der Waals surface area contributed by atoms with Crippen LogP contribution in [0.5, 0.6) is 0 Å². The van der Waals surface area contributed by atoms with Gasteiger partial charge in [-0.25, -0.2) is 13.1 Å². The van der Waals surface area contributed by atoms with Crippen molar-refractivity contribution in [3.8, 4) is 6.07 Å². The number of nitrogens with one attached hydrogen (secondary N) is 1. The van der Waals surface area contributed by atoms with E-state index < -0.39 is 10.0 Å². The molecular formula is C23H30N4O3S. The highest BCUT2D eigenvalue weighted by Gasteiger charge is 2.22. The lowest BCUT2D eigenvalue weighted by atomic mass is 10.0. The molecule has 2 aromatic carbocycles. The third kappa shape index (κ3) is 5.43. The number of aliphatic hydroxyl groups is 1. The molecule has 0 bridgehead atoms. The number of anilines is 1. The van der Waals surface area contributed by atoms with Gasteiger partial charge < -0.3 is 14.9 Å². The van der Waals surface area contributed by atoms with Gasteiger partial charge in [0.05, 0.1) is 0 Å². The average Bonchev–Trinajstić information content (AvgIpc) is 2.77. The van der Waals surface area contributed by atoms with Gasteiger partial charge >= 0.3 is 0 Å². The van der Waals surface area contributed by atoms with E-state index >= 15 is 0 Å². The van der Waals surface area contributed by atoms with Gasteiger partial charge in [0.15, 0.2) is 4.91 Å². The molecule has 0 spiro atoms. The molecule has 166 valence electrons. The third-order valence-corrected chi connectivity index (χ3v) is 7.25. The average molecular weight is 443 g/mol. The molecule has 8 heteroatoms. The second kappa shape index (κ2) is 9.79. The van der Waals surface area contributed by atoms with Crippen LogP contribution in [0.25, 0.3) is 16.3 Å². The highest BCUT2D eigenvalue weighted by molar-refractivity contribution is 7.93. The first kappa shape index (κ1) is 23.2. The molecule has 2 N–H and O–H groups in total. The number of sulfonamides is 1. The second-order valence-electron chi connectivity index (χ2n) is 8.24. The van der Waals surface area contributed by atoms with E-state index in [1.165, 1.54) is 5.69 Å². The van der Waals surface area contributed by atoms with Crippen LogP contribution in [0.1, 0.15) is 19.4 Å². The first-order valence-corrected chi connectivity index (χ1v) is 11.9. The Labute approximate surface area is 184 Å². The number of hydrogen-bond donors (Lipinski definition) is 2. The molecule has 1 heterocycles. The van der Waals surface area contributed by atoms with E-state index in [-0.39, 0.29) is 24.0 Å². The van der Waals surface area contributed by atoms with Crippen LogP contribution in [0.3, 0.4) is 0 Å². The minimum atomic E-state index is -3.96. The Bertz CT molecular complexity index is 1110. The standard InChI is InChI=1S/C23H30N4O3S/c1-17(16-28)15-25-31(29,30)23(14-24)18(2)19-4-5-21-13-22(7-6-20(21)12-19)27-10-8-26(3)9-11-27/h4-7,12-13,17,25,28H,8-11,15-16H2,1-3H3/b23-18+. The maximum absolute atomic E-state index is 12.6. The summed E-state index contributed by atoms with van der Waals surface area (Å²) in [5, 5.41) is 20.7. The molecule has 0 aromatic heterocycles. The van der Waals surface area contributed by atoms with Gasteiger partial charge in [-0.05, 0) is 60.0 Å². The topological polar surface area (TPSA) is 96.7 Å². The lowest BCUT2D eigenvalue weighted by Gasteiger charge is -2.34. The highest BCUT2D eigenvalue weighted by Crippen LogP contribution is 2.28. The van der Waals surface area contributed by atoms with Crippen molar-refractivity contribution in [2.24, 2.45) is 5.92 Å². The van der Waals surface area contributed by atoms with Gasteiger partial charge in [-0.3, -0.25) is 0 Å². The molecule has 1 fully saturated rings. The molecule has 2 aromatic rings. The van der Waals surface area contributed by atoms with Crippen LogP contribution in [0.2, 0.25) is 0 Å². The normalized spacial score (nSPS) is 17.3. The zero-order chi connectivity index (χ0) is 22.6. The van der Waals surface area contributed by atoms with Gasteiger partial charge in [0.1, 0.15) is 6.07 Å². The molecule has 3 rings (SSSR count). The first-order valence-electron chi connectivity index (χ1n) is 10.4. The molecule has 0 amide bonds. The first-order chi connectivity index (χ1) is 14.7. The minimum Gasteiger partial charge on any atom is -0.396 e. The Morgan fingerprint density at radius 2 is 1.81 bits per heavy atom. The summed E-state index contributed by atoms with van der Waals surface area (Å²) in [6.45, 7) is 7.38. The monoisotopic (exact) mass is 442 g/mol. The number of allylic oxidation sites excluding steroid dienone is 2. The van der Waals surface area contributed by atoms with E-state index in [9.17, 15) is 13.7 Å². The molecule has 0 saturated carbocycles. The van der Waals surface area contributed by atoms with Crippen LogP contribution < -0.4 is 9.62 Å². The number of nitrogens with zero attached hydrogens (tertiary/aromatic N) is 3. The Morgan fingerprint density at radius 3 is 2.45 bits per heavy atom. The lowest BCUT2D eigenvalue weighted by Crippen LogP contribution is -2.44. The fraction of sp³-hybridized carbons (Fsp3) is 0.435. The lowest BCUT2D eigenvalue weighted by molar-refractivity contribution is 0.239. The number of aliphatic hydroxyl groups excluding tert-OH is 1. The van der Waals surface area contributed by atoms with Crippen LogP contribution in [-0.2, 0) is 10.0 Å². The van der Waals surface area contributed by atoms with Crippen molar-refractivity contribution in [3.63, 3.8) is 0 Å². The quantitative estimate of drug-likeness (QED) is 0.639. The predicted octanol–water partition coefficient (Wildman–Crippen LogP) is 2.39. The molecule has 1 atom stereocenters. The maximum Gasteiger partial charge on any atom is 0.251 e. The Hall–Kier alpha value is -2.44. The van der Waals surface area contributed by atoms with Crippen LogP contribution in [0, 0.1) is 17.2 Å². The van der Waals surface area contributed by atoms with Crippen molar-refractivity contribution < 1.29 is 13.5 Å². The Kier molecular flexibility index (Phi) is 7.34. The number of fused-ring (bicyclic) bond motifs is 1. The molecular weight excluding hydrogens is 412 g/mol. The van der Waals surface area contributed by atoms with Gasteiger partial charge in [0, 0.05) is 45.0 Å². The zero-order valence-corrected chi connectivity index (χ0v) is 19.1. The van der Waals surface area contributed by atoms with Gasteiger partial charge in [-0.1, -0.05) is 25.1 Å². The van der Waals surface area contributed by atoms with Crippen molar-refractivity contribution in [3.05, 3.63) is 46.9 Å². The molecule has 0 radical (unpaired) electrons. The summed E-state index contributed by atoms with van der Waals surface area (Å²) in [4.78, 5) is 4.39. The van der Waals surface area contributed by atoms with Crippen molar-refractivity contribution in [2.75, 3.05) is 51.3 Å². The summed E-state index contributed by atoms with van der Waals surface area (Å²) in [7, 11) is -1.82. The highest BCUT2D eigenvalue weighted by atomic mass is 32.2. The van der Waals surface area contributed by atoms with Gasteiger partial charge in [-0.15, -0.1) is 0 Å². The summed E-state index contributed by atoms with van der Waals surface area (Å²) < 4.78 is 27.7. The summed E-state index contributed by atoms with van der Waals surface area (Å²) in [5.74, 6) is -0.231. The van der Waals surface area contributed by atoms with Gasteiger partial charge in [-0.2, -0.15) is 5.26 Å². The molecule has 0 aliphatic carbocycles. The van der Waals surface area contributed by atoms with Gasteiger partial charge in [0.2, 0.25) is 0 Å². The van der Waals surface area contributed by atoms with E-state index in [0.29, 0.717) is 11.1 Å². The largest absolute Gasteiger partial charge is 0.396 e. The Morgan fingerprint density at radius 1 is 1.16 bits per heavy atom. The molecule has 1 unspecified atom stereocenters. The zero-order valence-electron chi connectivity index (χ0n) is 18.3. The summed E-state index contributed by atoms with van der Waals surface area (Å²) in [5.41, 5.74) is 2.27. The smallest absolute Gasteiger partial charge is 0.251 e. The van der Waals surface area contributed by atoms with Crippen LogP contribution in [0.15, 0.2) is 41.3 Å². The predicted molar refractivity (Wildman–Crippen MR) is 125 cm³/mol. The van der Waals surface area contributed by atoms with E-state index in [1.807, 2.05) is 30.3 Å². The summed E-state index contributed by atoms with van der Waals surface area (Å²) in [6.07, 6.45) is 0. The summed E-state index contributed by atoms with van der Waals surface area (Å²) in [6, 6.07) is 13.9. The summed E-state index contributed by atoms with van der Waals surface area (Å²) >= 11 is 0. The number of likely N-dealkylation sites (N-methyl/N-ethyl adjacent to an activating group) is 1. The minimum absolute atomic E-state index is 0.0735. The second-order valence-corrected chi connectivity index (χ2v) is 9.95. The SMILES string of the molecule is C/C(=C(/C#N)S(=O)(=O)NCC(C)CO)c1ccc2cc(N3CCN(C)CC3)ccc2c1. The van der Waals surface area contributed by atoms with Crippen molar-refractivity contribution in [1.29, 1.82) is 5.26 Å². The molecule has 1 saturated heterocycles. The third-order valence-electron chi connectivity index (χ3n) is 5.77. The maximum atomic E-state index is 12.6. The number of nitriles is 1. The van der Waals surface area contributed by atoms with E-state index in [4.69, 9.17) is 5.11 Å². The molecule has 1 aliphatic rings. The fourth-order valence-electron chi connectivity index (χ4n) is 3.59. The van der Waals surface area contributed by atoms with Crippen LogP contribution >= 0.6 is 0 Å². The van der Waals surface area contributed by atoms with Crippen LogP contribution in [0.4, 0.5) is 5.69 Å². The molecule has 7 nitrogen and oxygen atoms in total. The van der Waals surface area contributed by atoms with Gasteiger partial charge in [0.25, 0.3) is 10.0 Å². The number of hydrogen-bond acceptors (Lipinski definition) is 6. The number of rotatable bonds is 7. The van der Waals surface area contributed by atoms with E-state index in [1.54, 1.807) is 13.8 Å². The molecule has 1 aliphatic heterocycles. The van der Waals surface area contributed by atoms with E-state index in [2.05, 4.69) is 33.7 Å². The van der Waals surface area contributed by atoms with Crippen molar-refractivity contribution in [1.82, 2.24) is 9.62 Å². The van der Waals surface area contributed by atoms with Crippen LogP contribution in [-0.4, -0.2) is 64.8 Å². The van der Waals surface area contributed by atoms with Crippen molar-refractivity contribution in [2.45, 2.75) is 13.8 Å². The van der Waals surface area contributed by atoms with E-state index in [0.717, 1.165) is 37.0 Å². The number of piperazine rings is 1.